The van der Waals surface area contributed by atoms with Gasteiger partial charge in [0.1, 0.15) is 0 Å². The molecule has 14 heavy (non-hydrogen) atoms. The molecule has 0 aromatic carbocycles. The molecule has 0 saturated carbocycles. The van der Waals surface area contributed by atoms with E-state index in [1.54, 1.807) is 13.0 Å². The Hall–Kier alpha value is -1.84. The Morgan fingerprint density at radius 3 is 2.79 bits per heavy atom. The Balaban J connectivity index is 3.42. The second kappa shape index (κ2) is 3.91. The monoisotopic (exact) mass is 193 g/mol. The maximum absolute atomic E-state index is 10.9. The van der Waals surface area contributed by atoms with Crippen molar-refractivity contribution in [1.82, 2.24) is 4.98 Å². The van der Waals surface area contributed by atoms with Gasteiger partial charge in [-0.15, -0.1) is 0 Å². The first-order valence-electron chi connectivity index (χ1n) is 4.01. The smallest absolute Gasteiger partial charge is 0.338 e. The Morgan fingerprint density at radius 2 is 2.36 bits per heavy atom. The summed E-state index contributed by atoms with van der Waals surface area (Å²) in [5.41, 5.74) is 1.11. The lowest BCUT2D eigenvalue weighted by atomic mass is 10.1. The van der Waals surface area contributed by atoms with E-state index in [9.17, 15) is 4.79 Å². The molecule has 4 nitrogen and oxygen atoms in total. The normalized spacial score (nSPS) is 9.57. The van der Waals surface area contributed by atoms with Crippen LogP contribution in [0.15, 0.2) is 12.6 Å². The van der Waals surface area contributed by atoms with Crippen LogP contribution in [0.3, 0.4) is 0 Å². The summed E-state index contributed by atoms with van der Waals surface area (Å²) >= 11 is 0. The van der Waals surface area contributed by atoms with Crippen LogP contribution < -0.4 is 4.74 Å². The van der Waals surface area contributed by atoms with Crippen molar-refractivity contribution in [2.45, 2.75) is 6.92 Å². The molecule has 0 spiro atoms. The van der Waals surface area contributed by atoms with Gasteiger partial charge in [-0.1, -0.05) is 12.7 Å². The second-order valence-corrected chi connectivity index (χ2v) is 2.72. The molecule has 0 saturated heterocycles. The standard InChI is InChI=1S/C10H11NO3/c1-4-7-5-8(14-3)11-6(2)9(7)10(12)13/h4-5H,1H2,2-3H3,(H,12,13). The predicted molar refractivity (Wildman–Crippen MR) is 52.6 cm³/mol. The van der Waals surface area contributed by atoms with Crippen molar-refractivity contribution in [3.05, 3.63) is 29.5 Å². The van der Waals surface area contributed by atoms with E-state index in [0.717, 1.165) is 0 Å². The molecule has 0 aliphatic carbocycles. The lowest BCUT2D eigenvalue weighted by molar-refractivity contribution is 0.0695. The highest BCUT2D eigenvalue weighted by atomic mass is 16.5. The van der Waals surface area contributed by atoms with E-state index in [-0.39, 0.29) is 5.56 Å². The molecule has 0 fully saturated rings. The largest absolute Gasteiger partial charge is 0.481 e. The number of nitrogens with zero attached hydrogens (tertiary/aromatic N) is 1. The number of aromatic nitrogens is 1. The molecule has 1 N–H and O–H groups in total. The number of carboxylic acid groups (broad SMARTS) is 1. The number of ether oxygens (including phenoxy) is 1. The van der Waals surface area contributed by atoms with E-state index in [1.165, 1.54) is 13.2 Å². The minimum absolute atomic E-state index is 0.167. The maximum atomic E-state index is 10.9. The molecule has 0 aliphatic heterocycles. The zero-order valence-corrected chi connectivity index (χ0v) is 8.07. The molecule has 0 aliphatic rings. The van der Waals surface area contributed by atoms with Gasteiger partial charge >= 0.3 is 5.97 Å². The van der Waals surface area contributed by atoms with Crippen LogP contribution in [-0.4, -0.2) is 23.2 Å². The number of rotatable bonds is 3. The highest BCUT2D eigenvalue weighted by Gasteiger charge is 2.14. The first-order valence-corrected chi connectivity index (χ1v) is 4.01. The number of pyridine rings is 1. The lowest BCUT2D eigenvalue weighted by Crippen LogP contribution is -2.05. The van der Waals surface area contributed by atoms with Gasteiger partial charge in [-0.25, -0.2) is 9.78 Å². The Bertz CT molecular complexity index is 385. The third kappa shape index (κ3) is 1.74. The Kier molecular flexibility index (Phi) is 2.86. The average molecular weight is 193 g/mol. The summed E-state index contributed by atoms with van der Waals surface area (Å²) in [6.45, 7) is 5.17. The van der Waals surface area contributed by atoms with Crippen LogP contribution in [0.25, 0.3) is 6.08 Å². The Labute approximate surface area is 81.9 Å². The molecule has 0 amide bonds. The topological polar surface area (TPSA) is 59.4 Å². The summed E-state index contributed by atoms with van der Waals surface area (Å²) in [5.74, 6) is -0.616. The number of hydrogen-bond donors (Lipinski definition) is 1. The molecule has 1 rings (SSSR count). The van der Waals surface area contributed by atoms with Crippen molar-refractivity contribution in [2.24, 2.45) is 0 Å². The number of carbonyl (C=O) groups is 1. The molecule has 0 radical (unpaired) electrons. The molecule has 1 aromatic rings. The molecule has 1 heterocycles. The van der Waals surface area contributed by atoms with Crippen LogP contribution >= 0.6 is 0 Å². The van der Waals surface area contributed by atoms with E-state index >= 15 is 0 Å². The minimum atomic E-state index is -1.01. The fourth-order valence-corrected chi connectivity index (χ4v) is 1.21. The van der Waals surface area contributed by atoms with Gasteiger partial charge in [-0.3, -0.25) is 0 Å². The van der Waals surface area contributed by atoms with Crippen molar-refractivity contribution < 1.29 is 14.6 Å². The molecule has 0 bridgehead atoms. The second-order valence-electron chi connectivity index (χ2n) is 2.72. The summed E-state index contributed by atoms with van der Waals surface area (Å²) in [7, 11) is 1.48. The van der Waals surface area contributed by atoms with E-state index in [0.29, 0.717) is 17.1 Å². The van der Waals surface area contributed by atoms with Gasteiger partial charge in [0.15, 0.2) is 0 Å². The van der Waals surface area contributed by atoms with Gasteiger partial charge in [0, 0.05) is 6.07 Å². The number of carboxylic acids is 1. The van der Waals surface area contributed by atoms with Gasteiger partial charge in [0.05, 0.1) is 18.4 Å². The summed E-state index contributed by atoms with van der Waals surface area (Å²) in [5, 5.41) is 8.91. The highest BCUT2D eigenvalue weighted by Crippen LogP contribution is 2.19. The van der Waals surface area contributed by atoms with Gasteiger partial charge in [-0.2, -0.15) is 0 Å². The maximum Gasteiger partial charge on any atom is 0.338 e. The van der Waals surface area contributed by atoms with Crippen molar-refractivity contribution in [3.63, 3.8) is 0 Å². The van der Waals surface area contributed by atoms with Crippen LogP contribution in [0.4, 0.5) is 0 Å². The fraction of sp³-hybridized carbons (Fsp3) is 0.200. The summed E-state index contributed by atoms with van der Waals surface area (Å²) in [6.07, 6.45) is 1.47. The van der Waals surface area contributed by atoms with Gasteiger partial charge in [0.2, 0.25) is 5.88 Å². The predicted octanol–water partition coefficient (Wildman–Crippen LogP) is 1.74. The van der Waals surface area contributed by atoms with Crippen LogP contribution in [0.5, 0.6) is 5.88 Å². The summed E-state index contributed by atoms with van der Waals surface area (Å²) in [4.78, 5) is 14.8. The zero-order chi connectivity index (χ0) is 10.7. The lowest BCUT2D eigenvalue weighted by Gasteiger charge is -2.07. The first-order chi connectivity index (χ1) is 6.60. The number of aromatic carboxylic acids is 1. The number of hydrogen-bond acceptors (Lipinski definition) is 3. The third-order valence-corrected chi connectivity index (χ3v) is 1.85. The van der Waals surface area contributed by atoms with Gasteiger partial charge < -0.3 is 9.84 Å². The molecule has 1 aromatic heterocycles. The van der Waals surface area contributed by atoms with E-state index in [1.807, 2.05) is 0 Å². The molecule has 0 atom stereocenters. The molecule has 0 unspecified atom stereocenters. The van der Waals surface area contributed by atoms with Crippen LogP contribution in [0, 0.1) is 6.92 Å². The third-order valence-electron chi connectivity index (χ3n) is 1.85. The van der Waals surface area contributed by atoms with Crippen LogP contribution in [0.1, 0.15) is 21.6 Å². The van der Waals surface area contributed by atoms with Crippen molar-refractivity contribution in [2.75, 3.05) is 7.11 Å². The van der Waals surface area contributed by atoms with E-state index < -0.39 is 5.97 Å². The quantitative estimate of drug-likeness (QED) is 0.794. The first kappa shape index (κ1) is 10.2. The van der Waals surface area contributed by atoms with E-state index in [2.05, 4.69) is 11.6 Å². The Morgan fingerprint density at radius 1 is 1.71 bits per heavy atom. The van der Waals surface area contributed by atoms with Crippen LogP contribution in [-0.2, 0) is 0 Å². The number of methoxy groups -OCH3 is 1. The van der Waals surface area contributed by atoms with Crippen molar-refractivity contribution in [1.29, 1.82) is 0 Å². The van der Waals surface area contributed by atoms with Crippen LogP contribution in [0.2, 0.25) is 0 Å². The average Bonchev–Trinajstić information content (AvgIpc) is 2.15. The SMILES string of the molecule is C=Cc1cc(OC)nc(C)c1C(=O)O. The van der Waals surface area contributed by atoms with Crippen molar-refractivity contribution in [3.8, 4) is 5.88 Å². The van der Waals surface area contributed by atoms with Gasteiger partial charge in [-0.05, 0) is 12.5 Å². The minimum Gasteiger partial charge on any atom is -0.481 e. The molecule has 74 valence electrons. The zero-order valence-electron chi connectivity index (χ0n) is 8.07. The number of aryl methyl sites for hydroxylation is 1. The molecular weight excluding hydrogens is 182 g/mol. The van der Waals surface area contributed by atoms with Crippen molar-refractivity contribution >= 4 is 12.0 Å². The fourth-order valence-electron chi connectivity index (χ4n) is 1.21. The van der Waals surface area contributed by atoms with Gasteiger partial charge in [0.25, 0.3) is 0 Å². The molecular formula is C10H11NO3. The molecule has 4 heteroatoms. The van der Waals surface area contributed by atoms with E-state index in [4.69, 9.17) is 9.84 Å². The highest BCUT2D eigenvalue weighted by molar-refractivity contribution is 5.93. The summed E-state index contributed by atoms with van der Waals surface area (Å²) < 4.78 is 4.92. The summed E-state index contributed by atoms with van der Waals surface area (Å²) in [6, 6.07) is 1.55.